The van der Waals surface area contributed by atoms with Crippen molar-refractivity contribution in [3.8, 4) is 0 Å². The van der Waals surface area contributed by atoms with E-state index in [2.05, 4.69) is 52.9 Å². The topological polar surface area (TPSA) is 51.0 Å². The van der Waals surface area contributed by atoms with Crippen LogP contribution >= 0.6 is 11.8 Å². The van der Waals surface area contributed by atoms with Gasteiger partial charge in [0.25, 0.3) is 0 Å². The first-order valence-corrected chi connectivity index (χ1v) is 7.08. The quantitative estimate of drug-likeness (QED) is 0.840. The normalized spacial score (nSPS) is 12.6. The van der Waals surface area contributed by atoms with Crippen molar-refractivity contribution in [3.63, 3.8) is 0 Å². The number of nitrogens with zero attached hydrogens (tertiary/aromatic N) is 2. The molecular weight excluding hydrogens is 246 g/mol. The van der Waals surface area contributed by atoms with E-state index in [0.29, 0.717) is 18.3 Å². The van der Waals surface area contributed by atoms with Crippen molar-refractivity contribution in [2.24, 2.45) is 0 Å². The molecule has 0 aliphatic heterocycles. The molecule has 0 aliphatic carbocycles. The molecule has 2 aromatic rings. The van der Waals surface area contributed by atoms with Crippen LogP contribution in [0.15, 0.2) is 33.7 Å². The van der Waals surface area contributed by atoms with Gasteiger partial charge in [-0.15, -0.1) is 11.8 Å². The van der Waals surface area contributed by atoms with Crippen LogP contribution in [-0.4, -0.2) is 16.4 Å². The largest absolute Gasteiger partial charge is 0.338 e. The van der Waals surface area contributed by atoms with Gasteiger partial charge in [0, 0.05) is 10.9 Å². The molecule has 4 nitrogen and oxygen atoms in total. The average Bonchev–Trinajstić information content (AvgIpc) is 2.82. The highest BCUT2D eigenvalue weighted by Crippen LogP contribution is 2.19. The number of aryl methyl sites for hydroxylation is 1. The maximum absolute atomic E-state index is 5.06. The Morgan fingerprint density at radius 3 is 2.61 bits per heavy atom. The van der Waals surface area contributed by atoms with E-state index in [4.69, 9.17) is 4.52 Å². The molecule has 0 saturated carbocycles. The Hall–Kier alpha value is -1.33. The minimum absolute atomic E-state index is 0.258. The van der Waals surface area contributed by atoms with Gasteiger partial charge in [-0.2, -0.15) is 4.98 Å². The first-order chi connectivity index (χ1) is 8.69. The van der Waals surface area contributed by atoms with Gasteiger partial charge in [-0.3, -0.25) is 0 Å². The summed E-state index contributed by atoms with van der Waals surface area (Å²) >= 11 is 1.75. The number of hydrogen-bond acceptors (Lipinski definition) is 5. The van der Waals surface area contributed by atoms with Crippen molar-refractivity contribution >= 4 is 11.8 Å². The van der Waals surface area contributed by atoms with Gasteiger partial charge in [0.2, 0.25) is 5.89 Å². The van der Waals surface area contributed by atoms with Crippen LogP contribution in [-0.2, 0) is 6.54 Å². The Morgan fingerprint density at radius 2 is 2.06 bits per heavy atom. The Morgan fingerprint density at radius 1 is 1.33 bits per heavy atom. The summed E-state index contributed by atoms with van der Waals surface area (Å²) in [5, 5.41) is 7.12. The third-order valence-corrected chi connectivity index (χ3v) is 3.49. The highest BCUT2D eigenvalue weighted by molar-refractivity contribution is 7.98. The average molecular weight is 263 g/mol. The molecule has 1 N–H and O–H groups in total. The van der Waals surface area contributed by atoms with Crippen LogP contribution in [0.2, 0.25) is 0 Å². The molecule has 0 aliphatic rings. The summed E-state index contributed by atoms with van der Waals surface area (Å²) in [6.07, 6.45) is 2.08. The van der Waals surface area contributed by atoms with Crippen molar-refractivity contribution in [2.75, 3.05) is 6.26 Å². The molecule has 1 aromatic heterocycles. The molecule has 0 amide bonds. The van der Waals surface area contributed by atoms with E-state index in [1.807, 2.05) is 6.92 Å². The molecule has 0 spiro atoms. The zero-order chi connectivity index (χ0) is 13.0. The second kappa shape index (κ2) is 6.02. The van der Waals surface area contributed by atoms with Gasteiger partial charge in [0.05, 0.1) is 6.54 Å². The van der Waals surface area contributed by atoms with Crippen LogP contribution in [0.3, 0.4) is 0 Å². The third kappa shape index (κ3) is 3.34. The maximum atomic E-state index is 5.06. The van der Waals surface area contributed by atoms with Crippen LogP contribution in [0, 0.1) is 6.92 Å². The highest BCUT2D eigenvalue weighted by Gasteiger charge is 2.07. The molecule has 1 heterocycles. The van der Waals surface area contributed by atoms with E-state index in [1.165, 1.54) is 10.5 Å². The van der Waals surface area contributed by atoms with Gasteiger partial charge in [0.15, 0.2) is 5.82 Å². The smallest absolute Gasteiger partial charge is 0.240 e. The third-order valence-electron chi connectivity index (χ3n) is 2.74. The second-order valence-electron chi connectivity index (χ2n) is 4.11. The molecular formula is C13H17N3OS. The van der Waals surface area contributed by atoms with E-state index in [1.54, 1.807) is 11.8 Å². The number of aromatic nitrogens is 2. The number of rotatable bonds is 5. The maximum Gasteiger partial charge on any atom is 0.240 e. The summed E-state index contributed by atoms with van der Waals surface area (Å²) in [6.45, 7) is 4.53. The second-order valence-corrected chi connectivity index (χ2v) is 4.99. The van der Waals surface area contributed by atoms with Crippen molar-refractivity contribution < 1.29 is 4.52 Å². The van der Waals surface area contributed by atoms with E-state index in [0.717, 1.165) is 0 Å². The molecule has 0 radical (unpaired) electrons. The molecule has 1 unspecified atom stereocenters. The zero-order valence-electron chi connectivity index (χ0n) is 10.8. The van der Waals surface area contributed by atoms with Crippen molar-refractivity contribution in [1.82, 2.24) is 15.5 Å². The fraction of sp³-hybridized carbons (Fsp3) is 0.385. The minimum atomic E-state index is 0.258. The molecule has 1 aromatic carbocycles. The predicted molar refractivity (Wildman–Crippen MR) is 72.5 cm³/mol. The summed E-state index contributed by atoms with van der Waals surface area (Å²) in [5.74, 6) is 1.30. The summed E-state index contributed by atoms with van der Waals surface area (Å²) in [4.78, 5) is 5.44. The van der Waals surface area contributed by atoms with Crippen molar-refractivity contribution in [2.45, 2.75) is 31.3 Å². The first kappa shape index (κ1) is 13.1. The monoisotopic (exact) mass is 263 g/mol. The summed E-state index contributed by atoms with van der Waals surface area (Å²) < 4.78 is 5.06. The lowest BCUT2D eigenvalue weighted by atomic mass is 10.1. The van der Waals surface area contributed by atoms with Crippen molar-refractivity contribution in [3.05, 3.63) is 41.5 Å². The van der Waals surface area contributed by atoms with E-state index in [-0.39, 0.29) is 6.04 Å². The molecule has 1 atom stereocenters. The van der Waals surface area contributed by atoms with Crippen LogP contribution < -0.4 is 5.32 Å². The zero-order valence-corrected chi connectivity index (χ0v) is 11.6. The van der Waals surface area contributed by atoms with Gasteiger partial charge >= 0.3 is 0 Å². The Kier molecular flexibility index (Phi) is 4.38. The highest BCUT2D eigenvalue weighted by atomic mass is 32.2. The lowest BCUT2D eigenvalue weighted by Gasteiger charge is -2.12. The fourth-order valence-corrected chi connectivity index (χ4v) is 2.07. The predicted octanol–water partition coefficient (Wildman–Crippen LogP) is 2.95. The van der Waals surface area contributed by atoms with E-state index in [9.17, 15) is 0 Å². The Labute approximate surface area is 111 Å². The summed E-state index contributed by atoms with van der Waals surface area (Å²) in [6, 6.07) is 8.81. The SMILES string of the molecule is CSc1ccc(C(C)NCc2nc(C)no2)cc1. The number of hydrogen-bond donors (Lipinski definition) is 1. The van der Waals surface area contributed by atoms with Gasteiger partial charge < -0.3 is 9.84 Å². The standard InChI is InChI=1S/C13H17N3OS/c1-9(11-4-6-12(18-3)7-5-11)14-8-13-15-10(2)16-17-13/h4-7,9,14H,8H2,1-3H3. The van der Waals surface area contributed by atoms with Gasteiger partial charge in [-0.1, -0.05) is 17.3 Å². The lowest BCUT2D eigenvalue weighted by molar-refractivity contribution is 0.357. The number of nitrogens with one attached hydrogen (secondary N) is 1. The molecule has 2 rings (SSSR count). The van der Waals surface area contributed by atoms with Crippen LogP contribution in [0.1, 0.15) is 30.2 Å². The Bertz CT molecular complexity index is 495. The molecule has 18 heavy (non-hydrogen) atoms. The number of thioether (sulfide) groups is 1. The van der Waals surface area contributed by atoms with Crippen LogP contribution in [0.4, 0.5) is 0 Å². The van der Waals surface area contributed by atoms with E-state index >= 15 is 0 Å². The van der Waals surface area contributed by atoms with Crippen LogP contribution in [0.5, 0.6) is 0 Å². The number of benzene rings is 1. The Balaban J connectivity index is 1.92. The van der Waals surface area contributed by atoms with Crippen molar-refractivity contribution in [1.29, 1.82) is 0 Å². The molecule has 0 saturated heterocycles. The lowest BCUT2D eigenvalue weighted by Crippen LogP contribution is -2.18. The van der Waals surface area contributed by atoms with E-state index < -0.39 is 0 Å². The first-order valence-electron chi connectivity index (χ1n) is 5.85. The molecule has 96 valence electrons. The van der Waals surface area contributed by atoms with Gasteiger partial charge in [0.1, 0.15) is 0 Å². The fourth-order valence-electron chi connectivity index (χ4n) is 1.66. The van der Waals surface area contributed by atoms with Gasteiger partial charge in [-0.05, 0) is 37.8 Å². The minimum Gasteiger partial charge on any atom is -0.338 e. The molecule has 0 fully saturated rings. The summed E-state index contributed by atoms with van der Waals surface area (Å²) in [5.41, 5.74) is 1.25. The molecule has 0 bridgehead atoms. The summed E-state index contributed by atoms with van der Waals surface area (Å²) in [7, 11) is 0. The van der Waals surface area contributed by atoms with Crippen LogP contribution in [0.25, 0.3) is 0 Å². The van der Waals surface area contributed by atoms with Gasteiger partial charge in [-0.25, -0.2) is 0 Å². The molecule has 5 heteroatoms.